The van der Waals surface area contributed by atoms with Crippen molar-refractivity contribution in [1.29, 1.82) is 0 Å². The lowest BCUT2D eigenvalue weighted by Crippen LogP contribution is -2.63. The van der Waals surface area contributed by atoms with E-state index in [1.54, 1.807) is 0 Å². The first-order valence-electron chi connectivity index (χ1n) is 12.3. The number of anilines is 2. The molecule has 0 spiro atoms. The summed E-state index contributed by atoms with van der Waals surface area (Å²) in [5.41, 5.74) is 2.77. The molecule has 2 N–H and O–H groups in total. The van der Waals surface area contributed by atoms with E-state index in [4.69, 9.17) is 4.74 Å². The zero-order chi connectivity index (χ0) is 24.1. The molecule has 2 atom stereocenters. The number of benzene rings is 2. The Hall–Kier alpha value is -3.06. The Morgan fingerprint density at radius 1 is 1.09 bits per heavy atom. The van der Waals surface area contributed by atoms with Gasteiger partial charge < -0.3 is 20.1 Å². The molecule has 2 aromatic carbocycles. The maximum atomic E-state index is 13.9. The first kappa shape index (κ1) is 24.1. The Bertz CT molecular complexity index is 999. The van der Waals surface area contributed by atoms with Crippen molar-refractivity contribution in [2.24, 2.45) is 0 Å². The maximum absolute atomic E-state index is 13.9. The van der Waals surface area contributed by atoms with Crippen LogP contribution in [0.4, 0.5) is 16.2 Å². The Balaban J connectivity index is 1.63. The number of hydrogen-bond acceptors (Lipinski definition) is 4. The molecule has 1 fully saturated rings. The number of amides is 2. The second-order valence-electron chi connectivity index (χ2n) is 9.18. The summed E-state index contributed by atoms with van der Waals surface area (Å²) in [5, 5.41) is 13.3. The molecule has 7 heteroatoms. The lowest BCUT2D eigenvalue weighted by Gasteiger charge is -2.44. The second kappa shape index (κ2) is 10.5. The number of nitrogens with one attached hydrogen (secondary N) is 1. The van der Waals surface area contributed by atoms with Crippen molar-refractivity contribution >= 4 is 23.4 Å². The summed E-state index contributed by atoms with van der Waals surface area (Å²) in [7, 11) is 0. The number of ether oxygens (including phenoxy) is 1. The van der Waals surface area contributed by atoms with Gasteiger partial charge in [0.25, 0.3) is 5.91 Å². The number of rotatable bonds is 8. The first-order chi connectivity index (χ1) is 16.5. The van der Waals surface area contributed by atoms with Crippen molar-refractivity contribution in [3.8, 4) is 0 Å². The van der Waals surface area contributed by atoms with Gasteiger partial charge in [-0.3, -0.25) is 9.69 Å². The molecule has 4 rings (SSSR count). The smallest absolute Gasteiger partial charge is 0.408 e. The number of nitrogens with zero attached hydrogens (tertiary/aromatic N) is 2. The average Bonchev–Trinajstić information content (AvgIpc) is 3.37. The van der Waals surface area contributed by atoms with Crippen molar-refractivity contribution in [2.75, 3.05) is 36.5 Å². The summed E-state index contributed by atoms with van der Waals surface area (Å²) in [6.07, 6.45) is 1.91. The van der Waals surface area contributed by atoms with Gasteiger partial charge in [-0.25, -0.2) is 4.79 Å². The minimum absolute atomic E-state index is 0.175. The Morgan fingerprint density at radius 2 is 1.79 bits per heavy atom. The van der Waals surface area contributed by atoms with E-state index in [0.717, 1.165) is 37.2 Å². The molecule has 2 aromatic rings. The predicted octanol–water partition coefficient (Wildman–Crippen LogP) is 4.56. The summed E-state index contributed by atoms with van der Waals surface area (Å²) in [6, 6.07) is 15.8. The normalized spacial score (nSPS) is 21.5. The van der Waals surface area contributed by atoms with E-state index in [1.165, 1.54) is 10.5 Å². The van der Waals surface area contributed by atoms with Gasteiger partial charge >= 0.3 is 6.09 Å². The molecule has 182 valence electrons. The quantitative estimate of drug-likeness (QED) is 0.597. The third kappa shape index (κ3) is 4.89. The van der Waals surface area contributed by atoms with Gasteiger partial charge in [0.2, 0.25) is 0 Å². The van der Waals surface area contributed by atoms with Crippen molar-refractivity contribution in [3.05, 3.63) is 59.7 Å². The van der Waals surface area contributed by atoms with E-state index in [2.05, 4.69) is 30.1 Å². The summed E-state index contributed by atoms with van der Waals surface area (Å²) in [6.45, 7) is 6.87. The van der Waals surface area contributed by atoms with E-state index in [1.807, 2.05) is 42.5 Å². The SMILES string of the molecule is CCN(CC)c1ccc(NC(=O)[C@]2(N(C[C@@H]3CCCO3)C(=O)O)CCc3ccccc3C2)cc1. The van der Waals surface area contributed by atoms with E-state index in [0.29, 0.717) is 31.6 Å². The Labute approximate surface area is 201 Å². The van der Waals surface area contributed by atoms with Crippen molar-refractivity contribution in [3.63, 3.8) is 0 Å². The number of carbonyl (C=O) groups excluding carboxylic acids is 1. The molecule has 1 heterocycles. The van der Waals surface area contributed by atoms with Crippen LogP contribution >= 0.6 is 0 Å². The van der Waals surface area contributed by atoms with Crippen LogP contribution in [0, 0.1) is 0 Å². The molecule has 0 bridgehead atoms. The number of hydrogen-bond donors (Lipinski definition) is 2. The van der Waals surface area contributed by atoms with Gasteiger partial charge in [-0.2, -0.15) is 0 Å². The summed E-state index contributed by atoms with van der Waals surface area (Å²) in [4.78, 5) is 30.0. The third-order valence-corrected chi connectivity index (χ3v) is 7.24. The van der Waals surface area contributed by atoms with Crippen molar-refractivity contribution in [1.82, 2.24) is 4.90 Å². The minimum atomic E-state index is -1.19. The van der Waals surface area contributed by atoms with Gasteiger partial charge in [0, 0.05) is 37.5 Å². The molecule has 0 aromatic heterocycles. The molecule has 0 unspecified atom stereocenters. The van der Waals surface area contributed by atoms with Gasteiger partial charge in [-0.15, -0.1) is 0 Å². The van der Waals surface area contributed by atoms with Crippen molar-refractivity contribution in [2.45, 2.75) is 57.6 Å². The van der Waals surface area contributed by atoms with Gasteiger partial charge in [-0.1, -0.05) is 24.3 Å². The molecule has 2 amide bonds. The zero-order valence-corrected chi connectivity index (χ0v) is 20.1. The summed E-state index contributed by atoms with van der Waals surface area (Å²) in [5.74, 6) is -0.280. The predicted molar refractivity (Wildman–Crippen MR) is 134 cm³/mol. The molecular weight excluding hydrogens is 430 g/mol. The number of fused-ring (bicyclic) bond motifs is 1. The average molecular weight is 466 g/mol. The molecule has 0 saturated carbocycles. The second-order valence-corrected chi connectivity index (χ2v) is 9.18. The van der Waals surface area contributed by atoms with Gasteiger partial charge in [-0.05, 0) is 74.9 Å². The monoisotopic (exact) mass is 465 g/mol. The van der Waals surface area contributed by atoms with Gasteiger partial charge in [0.15, 0.2) is 0 Å². The van der Waals surface area contributed by atoms with Gasteiger partial charge in [0.05, 0.1) is 12.6 Å². The lowest BCUT2D eigenvalue weighted by atomic mass is 9.76. The molecular formula is C27H35N3O4. The Morgan fingerprint density at radius 3 is 2.41 bits per heavy atom. The fourth-order valence-corrected chi connectivity index (χ4v) is 5.29. The molecule has 34 heavy (non-hydrogen) atoms. The van der Waals surface area contributed by atoms with Crippen molar-refractivity contribution < 1.29 is 19.4 Å². The molecule has 1 aliphatic carbocycles. The fourth-order valence-electron chi connectivity index (χ4n) is 5.29. The molecule has 7 nitrogen and oxygen atoms in total. The maximum Gasteiger partial charge on any atom is 0.408 e. The zero-order valence-electron chi connectivity index (χ0n) is 20.1. The fraction of sp³-hybridized carbons (Fsp3) is 0.481. The third-order valence-electron chi connectivity index (χ3n) is 7.24. The highest BCUT2D eigenvalue weighted by atomic mass is 16.5. The standard InChI is InChI=1S/C27H35N3O4/c1-3-29(4-2)23-13-11-22(12-14-23)28-25(31)27(16-15-20-8-5-6-9-21(20)18-27)30(26(32)33)19-24-10-7-17-34-24/h5-6,8-9,11-14,24H,3-4,7,10,15-19H2,1-2H3,(H,28,31)(H,32,33)/t24-,27-/m0/s1. The van der Waals surface area contributed by atoms with Crippen LogP contribution in [0.25, 0.3) is 0 Å². The lowest BCUT2D eigenvalue weighted by molar-refractivity contribution is -0.129. The first-order valence-corrected chi connectivity index (χ1v) is 12.3. The molecule has 1 saturated heterocycles. The molecule has 0 radical (unpaired) electrons. The van der Waals surface area contributed by atoms with E-state index in [9.17, 15) is 14.7 Å². The van der Waals surface area contributed by atoms with Crippen LogP contribution in [0.5, 0.6) is 0 Å². The minimum Gasteiger partial charge on any atom is -0.465 e. The number of carbonyl (C=O) groups is 2. The van der Waals surface area contributed by atoms with Crippen LogP contribution in [0.3, 0.4) is 0 Å². The Kier molecular flexibility index (Phi) is 7.41. The van der Waals surface area contributed by atoms with E-state index in [-0.39, 0.29) is 18.6 Å². The number of aryl methyl sites for hydroxylation is 1. The van der Waals surface area contributed by atoms with Crippen LogP contribution in [0.2, 0.25) is 0 Å². The largest absolute Gasteiger partial charge is 0.465 e. The van der Waals surface area contributed by atoms with Crippen LogP contribution in [0.15, 0.2) is 48.5 Å². The summed E-state index contributed by atoms with van der Waals surface area (Å²) < 4.78 is 5.75. The highest BCUT2D eigenvalue weighted by Crippen LogP contribution is 2.36. The molecule has 2 aliphatic rings. The van der Waals surface area contributed by atoms with Crippen LogP contribution in [-0.4, -0.2) is 59.9 Å². The van der Waals surface area contributed by atoms with Crippen LogP contribution in [0.1, 0.15) is 44.2 Å². The van der Waals surface area contributed by atoms with E-state index < -0.39 is 11.6 Å². The topological polar surface area (TPSA) is 82.1 Å². The van der Waals surface area contributed by atoms with E-state index >= 15 is 0 Å². The number of carboxylic acid groups (broad SMARTS) is 1. The molecule has 1 aliphatic heterocycles. The van der Waals surface area contributed by atoms with Gasteiger partial charge in [0.1, 0.15) is 5.54 Å². The van der Waals surface area contributed by atoms with Crippen LogP contribution in [-0.2, 0) is 22.4 Å². The van der Waals surface area contributed by atoms with Crippen LogP contribution < -0.4 is 10.2 Å². The summed E-state index contributed by atoms with van der Waals surface area (Å²) >= 11 is 0. The highest BCUT2D eigenvalue weighted by Gasteiger charge is 2.49. The highest BCUT2D eigenvalue weighted by molar-refractivity contribution is 6.00.